The Morgan fingerprint density at radius 1 is 1.16 bits per heavy atom. The molecule has 1 saturated carbocycles. The molecule has 106 valence electrons. The fourth-order valence-corrected chi connectivity index (χ4v) is 3.14. The predicted octanol–water partition coefficient (Wildman–Crippen LogP) is 3.10. The normalized spacial score (nSPS) is 30.9. The van der Waals surface area contributed by atoms with Crippen molar-refractivity contribution < 1.29 is 9.47 Å². The van der Waals surface area contributed by atoms with E-state index in [1.165, 1.54) is 12.8 Å². The Kier molecular flexibility index (Phi) is 4.70. The molecule has 4 atom stereocenters. The van der Waals surface area contributed by atoms with Gasteiger partial charge in [0.1, 0.15) is 17.6 Å². The number of hydrogen-bond acceptors (Lipinski definition) is 3. The topological polar surface area (TPSA) is 30.5 Å². The molecule has 19 heavy (non-hydrogen) atoms. The van der Waals surface area contributed by atoms with Gasteiger partial charge in [-0.25, -0.2) is 0 Å². The van der Waals surface area contributed by atoms with Crippen LogP contribution in [0.5, 0.6) is 11.5 Å². The van der Waals surface area contributed by atoms with Crippen molar-refractivity contribution in [2.75, 3.05) is 14.2 Å². The molecule has 0 amide bonds. The maximum absolute atomic E-state index is 6.22. The number of rotatable bonds is 4. The van der Waals surface area contributed by atoms with E-state index < -0.39 is 0 Å². The molecular weight excluding hydrogens is 238 g/mol. The van der Waals surface area contributed by atoms with E-state index >= 15 is 0 Å². The Morgan fingerprint density at radius 3 is 2.58 bits per heavy atom. The van der Waals surface area contributed by atoms with E-state index in [0.717, 1.165) is 17.4 Å². The molecule has 4 unspecified atom stereocenters. The second kappa shape index (κ2) is 6.29. The summed E-state index contributed by atoms with van der Waals surface area (Å²) in [5, 5.41) is 3.41. The molecule has 1 aromatic carbocycles. The fraction of sp³-hybridized carbons (Fsp3) is 0.625. The molecule has 0 saturated heterocycles. The largest absolute Gasteiger partial charge is 0.497 e. The SMILES string of the molecule is CNC1CC(C)CC(C)C1Oc1cccc(OC)c1. The summed E-state index contributed by atoms with van der Waals surface area (Å²) in [7, 11) is 3.71. The highest BCUT2D eigenvalue weighted by Gasteiger charge is 2.34. The first kappa shape index (κ1) is 14.2. The maximum atomic E-state index is 6.22. The molecular formula is C16H25NO2. The average Bonchev–Trinajstić information content (AvgIpc) is 2.41. The Labute approximate surface area is 116 Å². The minimum atomic E-state index is 0.230. The summed E-state index contributed by atoms with van der Waals surface area (Å²) in [4.78, 5) is 0. The standard InChI is InChI=1S/C16H25NO2/c1-11-8-12(2)16(15(9-11)17-3)19-14-7-5-6-13(10-14)18-4/h5-7,10-12,15-17H,8-9H2,1-4H3. The van der Waals surface area contributed by atoms with E-state index in [-0.39, 0.29) is 6.10 Å². The molecule has 1 aromatic rings. The summed E-state index contributed by atoms with van der Waals surface area (Å²) < 4.78 is 11.5. The van der Waals surface area contributed by atoms with Crippen LogP contribution < -0.4 is 14.8 Å². The zero-order valence-electron chi connectivity index (χ0n) is 12.3. The van der Waals surface area contributed by atoms with Gasteiger partial charge in [-0.05, 0) is 43.9 Å². The first-order valence-corrected chi connectivity index (χ1v) is 7.12. The van der Waals surface area contributed by atoms with E-state index in [9.17, 15) is 0 Å². The van der Waals surface area contributed by atoms with Crippen molar-refractivity contribution in [1.29, 1.82) is 0 Å². The van der Waals surface area contributed by atoms with Crippen molar-refractivity contribution in [3.8, 4) is 11.5 Å². The summed E-state index contributed by atoms with van der Waals surface area (Å²) in [5.74, 6) is 3.06. The minimum absolute atomic E-state index is 0.230. The number of likely N-dealkylation sites (N-methyl/N-ethyl adjacent to an activating group) is 1. The van der Waals surface area contributed by atoms with Gasteiger partial charge in [0.25, 0.3) is 0 Å². The number of hydrogen-bond donors (Lipinski definition) is 1. The van der Waals surface area contributed by atoms with Gasteiger partial charge in [-0.15, -0.1) is 0 Å². The summed E-state index contributed by atoms with van der Waals surface area (Å²) in [6, 6.07) is 8.29. The summed E-state index contributed by atoms with van der Waals surface area (Å²) in [6.07, 6.45) is 2.63. The molecule has 0 radical (unpaired) electrons. The molecule has 1 N–H and O–H groups in total. The van der Waals surface area contributed by atoms with Crippen LogP contribution in [0.2, 0.25) is 0 Å². The van der Waals surface area contributed by atoms with E-state index in [1.807, 2.05) is 31.3 Å². The van der Waals surface area contributed by atoms with Crippen LogP contribution in [-0.4, -0.2) is 26.3 Å². The highest BCUT2D eigenvalue weighted by Crippen LogP contribution is 2.32. The maximum Gasteiger partial charge on any atom is 0.123 e. The molecule has 1 aliphatic rings. The lowest BCUT2D eigenvalue weighted by molar-refractivity contribution is 0.0505. The third kappa shape index (κ3) is 3.41. The highest BCUT2D eigenvalue weighted by molar-refractivity contribution is 5.33. The van der Waals surface area contributed by atoms with E-state index in [2.05, 4.69) is 19.2 Å². The summed E-state index contributed by atoms with van der Waals surface area (Å²) in [6.45, 7) is 4.60. The number of methoxy groups -OCH3 is 1. The van der Waals surface area contributed by atoms with Gasteiger partial charge in [-0.1, -0.05) is 19.9 Å². The Balaban J connectivity index is 2.10. The van der Waals surface area contributed by atoms with Crippen LogP contribution in [0.4, 0.5) is 0 Å². The third-order valence-corrected chi connectivity index (χ3v) is 4.07. The third-order valence-electron chi connectivity index (χ3n) is 4.07. The quantitative estimate of drug-likeness (QED) is 0.905. The highest BCUT2D eigenvalue weighted by atomic mass is 16.5. The van der Waals surface area contributed by atoms with E-state index in [0.29, 0.717) is 12.0 Å². The molecule has 0 spiro atoms. The molecule has 1 fully saturated rings. The summed E-state index contributed by atoms with van der Waals surface area (Å²) >= 11 is 0. The number of ether oxygens (including phenoxy) is 2. The number of benzene rings is 1. The lowest BCUT2D eigenvalue weighted by Crippen LogP contribution is -2.49. The van der Waals surface area contributed by atoms with Crippen LogP contribution in [0.3, 0.4) is 0 Å². The lowest BCUT2D eigenvalue weighted by atomic mass is 9.78. The molecule has 0 aliphatic heterocycles. The minimum Gasteiger partial charge on any atom is -0.497 e. The van der Waals surface area contributed by atoms with E-state index in [4.69, 9.17) is 9.47 Å². The van der Waals surface area contributed by atoms with Crippen molar-refractivity contribution in [3.05, 3.63) is 24.3 Å². The lowest BCUT2D eigenvalue weighted by Gasteiger charge is -2.39. The summed E-state index contributed by atoms with van der Waals surface area (Å²) in [5.41, 5.74) is 0. The Hall–Kier alpha value is -1.22. The second-order valence-electron chi connectivity index (χ2n) is 5.71. The molecule has 0 aromatic heterocycles. The van der Waals surface area contributed by atoms with Gasteiger partial charge in [-0.2, -0.15) is 0 Å². The molecule has 3 heteroatoms. The van der Waals surface area contributed by atoms with Crippen molar-refractivity contribution in [1.82, 2.24) is 5.32 Å². The van der Waals surface area contributed by atoms with Gasteiger partial charge < -0.3 is 14.8 Å². The van der Waals surface area contributed by atoms with Gasteiger partial charge in [0.2, 0.25) is 0 Å². The van der Waals surface area contributed by atoms with Crippen LogP contribution in [0.15, 0.2) is 24.3 Å². The van der Waals surface area contributed by atoms with Gasteiger partial charge in [0, 0.05) is 12.1 Å². The molecule has 0 bridgehead atoms. The number of nitrogens with one attached hydrogen (secondary N) is 1. The monoisotopic (exact) mass is 263 g/mol. The van der Waals surface area contributed by atoms with Gasteiger partial charge in [-0.3, -0.25) is 0 Å². The van der Waals surface area contributed by atoms with Crippen LogP contribution >= 0.6 is 0 Å². The average molecular weight is 263 g/mol. The molecule has 0 heterocycles. The van der Waals surface area contributed by atoms with Crippen molar-refractivity contribution >= 4 is 0 Å². The van der Waals surface area contributed by atoms with Crippen molar-refractivity contribution in [2.45, 2.75) is 38.8 Å². The Morgan fingerprint density at radius 2 is 1.89 bits per heavy atom. The zero-order chi connectivity index (χ0) is 13.8. The van der Waals surface area contributed by atoms with Crippen LogP contribution in [0, 0.1) is 11.8 Å². The first-order valence-electron chi connectivity index (χ1n) is 7.12. The van der Waals surface area contributed by atoms with Crippen LogP contribution in [0.25, 0.3) is 0 Å². The predicted molar refractivity (Wildman–Crippen MR) is 77.8 cm³/mol. The molecule has 2 rings (SSSR count). The van der Waals surface area contributed by atoms with Gasteiger partial charge >= 0.3 is 0 Å². The van der Waals surface area contributed by atoms with Crippen LogP contribution in [-0.2, 0) is 0 Å². The molecule has 1 aliphatic carbocycles. The van der Waals surface area contributed by atoms with Gasteiger partial charge in [0.05, 0.1) is 7.11 Å². The second-order valence-corrected chi connectivity index (χ2v) is 5.71. The van der Waals surface area contributed by atoms with Crippen LogP contribution in [0.1, 0.15) is 26.7 Å². The smallest absolute Gasteiger partial charge is 0.123 e. The van der Waals surface area contributed by atoms with Crippen molar-refractivity contribution in [3.63, 3.8) is 0 Å². The zero-order valence-corrected chi connectivity index (χ0v) is 12.3. The molecule has 3 nitrogen and oxygen atoms in total. The van der Waals surface area contributed by atoms with Gasteiger partial charge in [0.15, 0.2) is 0 Å². The Bertz CT molecular complexity index is 407. The first-order chi connectivity index (χ1) is 9.13. The van der Waals surface area contributed by atoms with Crippen molar-refractivity contribution in [2.24, 2.45) is 11.8 Å². The fourth-order valence-electron chi connectivity index (χ4n) is 3.14. The van der Waals surface area contributed by atoms with E-state index in [1.54, 1.807) is 7.11 Å².